The Kier molecular flexibility index (Phi) is 5.82. The molecular formula is C11H19BrN2S. The number of thiophene rings is 1. The van der Waals surface area contributed by atoms with E-state index in [9.17, 15) is 0 Å². The number of nitrogens with zero attached hydrogens (tertiary/aromatic N) is 1. The standard InChI is InChI=1S/C11H19BrN2S/c1-9(2)6-14(4-3-13)7-11-5-10(12)8-15-11/h5,8-9H,3-4,6-7,13H2,1-2H3. The highest BCUT2D eigenvalue weighted by molar-refractivity contribution is 9.10. The molecule has 0 atom stereocenters. The first kappa shape index (κ1) is 13.2. The monoisotopic (exact) mass is 290 g/mol. The van der Waals surface area contributed by atoms with Crippen molar-refractivity contribution in [2.45, 2.75) is 20.4 Å². The number of hydrogen-bond donors (Lipinski definition) is 1. The first-order valence-corrected chi connectivity index (χ1v) is 6.94. The summed E-state index contributed by atoms with van der Waals surface area (Å²) < 4.78 is 1.18. The zero-order valence-corrected chi connectivity index (χ0v) is 11.8. The van der Waals surface area contributed by atoms with Gasteiger partial charge in [0, 0.05) is 40.9 Å². The van der Waals surface area contributed by atoms with Crippen molar-refractivity contribution in [2.24, 2.45) is 11.7 Å². The molecule has 0 saturated carbocycles. The molecular weight excluding hydrogens is 272 g/mol. The minimum absolute atomic E-state index is 0.694. The van der Waals surface area contributed by atoms with Gasteiger partial charge in [0.15, 0.2) is 0 Å². The Bertz CT molecular complexity index is 286. The molecule has 0 unspecified atom stereocenters. The van der Waals surface area contributed by atoms with Crippen molar-refractivity contribution in [1.29, 1.82) is 0 Å². The molecule has 0 fully saturated rings. The zero-order valence-electron chi connectivity index (χ0n) is 9.37. The van der Waals surface area contributed by atoms with Crippen LogP contribution in [0, 0.1) is 5.92 Å². The summed E-state index contributed by atoms with van der Waals surface area (Å²) >= 11 is 5.28. The second-order valence-electron chi connectivity index (χ2n) is 4.15. The molecule has 1 heterocycles. The first-order valence-electron chi connectivity index (χ1n) is 5.27. The Morgan fingerprint density at radius 3 is 2.73 bits per heavy atom. The van der Waals surface area contributed by atoms with Crippen molar-refractivity contribution in [3.05, 3.63) is 20.8 Å². The van der Waals surface area contributed by atoms with Crippen LogP contribution < -0.4 is 5.73 Å². The van der Waals surface area contributed by atoms with Gasteiger partial charge in [-0.2, -0.15) is 0 Å². The lowest BCUT2D eigenvalue weighted by Crippen LogP contribution is -2.31. The molecule has 2 nitrogen and oxygen atoms in total. The largest absolute Gasteiger partial charge is 0.329 e. The van der Waals surface area contributed by atoms with Gasteiger partial charge in [-0.05, 0) is 27.9 Å². The third-order valence-electron chi connectivity index (χ3n) is 2.07. The van der Waals surface area contributed by atoms with Crippen molar-refractivity contribution in [2.75, 3.05) is 19.6 Å². The van der Waals surface area contributed by atoms with Gasteiger partial charge < -0.3 is 5.73 Å². The van der Waals surface area contributed by atoms with E-state index in [4.69, 9.17) is 5.73 Å². The molecule has 0 aliphatic rings. The summed E-state index contributed by atoms with van der Waals surface area (Å²) in [6, 6.07) is 2.19. The van der Waals surface area contributed by atoms with E-state index in [0.29, 0.717) is 5.92 Å². The highest BCUT2D eigenvalue weighted by Crippen LogP contribution is 2.21. The van der Waals surface area contributed by atoms with Crippen LogP contribution in [0.2, 0.25) is 0 Å². The molecule has 0 spiro atoms. The van der Waals surface area contributed by atoms with Crippen LogP contribution in [0.4, 0.5) is 0 Å². The molecule has 86 valence electrons. The van der Waals surface area contributed by atoms with Gasteiger partial charge in [0.1, 0.15) is 0 Å². The molecule has 4 heteroatoms. The van der Waals surface area contributed by atoms with E-state index >= 15 is 0 Å². The molecule has 2 N–H and O–H groups in total. The van der Waals surface area contributed by atoms with E-state index in [2.05, 4.69) is 46.1 Å². The number of halogens is 1. The van der Waals surface area contributed by atoms with E-state index < -0.39 is 0 Å². The summed E-state index contributed by atoms with van der Waals surface area (Å²) in [4.78, 5) is 3.82. The minimum atomic E-state index is 0.694. The summed E-state index contributed by atoms with van der Waals surface area (Å²) in [6.45, 7) is 8.34. The fraction of sp³-hybridized carbons (Fsp3) is 0.636. The molecule has 0 radical (unpaired) electrons. The molecule has 1 aromatic rings. The lowest BCUT2D eigenvalue weighted by molar-refractivity contribution is 0.244. The van der Waals surface area contributed by atoms with Crippen molar-refractivity contribution in [3.63, 3.8) is 0 Å². The third kappa shape index (κ3) is 5.11. The van der Waals surface area contributed by atoms with Crippen LogP contribution in [0.25, 0.3) is 0 Å². The molecule has 0 saturated heterocycles. The lowest BCUT2D eigenvalue weighted by atomic mass is 10.2. The number of hydrogen-bond acceptors (Lipinski definition) is 3. The maximum absolute atomic E-state index is 5.62. The van der Waals surface area contributed by atoms with Gasteiger partial charge in [-0.15, -0.1) is 11.3 Å². The van der Waals surface area contributed by atoms with Crippen molar-refractivity contribution in [3.8, 4) is 0 Å². The molecule has 0 bridgehead atoms. The Labute approximate surface area is 105 Å². The predicted octanol–water partition coefficient (Wildman–Crippen LogP) is 2.93. The molecule has 1 aromatic heterocycles. The highest BCUT2D eigenvalue weighted by Gasteiger charge is 2.08. The number of nitrogens with two attached hydrogens (primary N) is 1. The van der Waals surface area contributed by atoms with E-state index in [-0.39, 0.29) is 0 Å². The Hall–Kier alpha value is 0.1000. The maximum atomic E-state index is 5.62. The summed E-state index contributed by atoms with van der Waals surface area (Å²) in [5.74, 6) is 0.694. The highest BCUT2D eigenvalue weighted by atomic mass is 79.9. The summed E-state index contributed by atoms with van der Waals surface area (Å²) in [5.41, 5.74) is 5.62. The normalized spacial score (nSPS) is 11.6. The Morgan fingerprint density at radius 2 is 2.27 bits per heavy atom. The fourth-order valence-corrected chi connectivity index (χ4v) is 3.08. The zero-order chi connectivity index (χ0) is 11.3. The second kappa shape index (κ2) is 6.63. The summed E-state index contributed by atoms with van der Waals surface area (Å²) in [5, 5.41) is 2.13. The first-order chi connectivity index (χ1) is 7.11. The molecule has 0 aromatic carbocycles. The molecule has 0 aliphatic heterocycles. The van der Waals surface area contributed by atoms with Gasteiger partial charge in [0.25, 0.3) is 0 Å². The topological polar surface area (TPSA) is 29.3 Å². The maximum Gasteiger partial charge on any atom is 0.0328 e. The summed E-state index contributed by atoms with van der Waals surface area (Å²) in [6.07, 6.45) is 0. The molecule has 0 aliphatic carbocycles. The van der Waals surface area contributed by atoms with Gasteiger partial charge in [0.2, 0.25) is 0 Å². The van der Waals surface area contributed by atoms with Gasteiger partial charge in [0.05, 0.1) is 0 Å². The van der Waals surface area contributed by atoms with Gasteiger partial charge in [-0.1, -0.05) is 13.8 Å². The SMILES string of the molecule is CC(C)CN(CCN)Cc1cc(Br)cs1. The predicted molar refractivity (Wildman–Crippen MR) is 71.2 cm³/mol. The van der Waals surface area contributed by atoms with Gasteiger partial charge in [-0.3, -0.25) is 4.90 Å². The van der Waals surface area contributed by atoms with Gasteiger partial charge in [-0.25, -0.2) is 0 Å². The second-order valence-corrected chi connectivity index (χ2v) is 6.06. The van der Waals surface area contributed by atoms with E-state index in [0.717, 1.165) is 26.2 Å². The Balaban J connectivity index is 2.50. The number of rotatable bonds is 6. The van der Waals surface area contributed by atoms with Gasteiger partial charge >= 0.3 is 0 Å². The van der Waals surface area contributed by atoms with Crippen molar-refractivity contribution in [1.82, 2.24) is 4.90 Å². The lowest BCUT2D eigenvalue weighted by Gasteiger charge is -2.22. The van der Waals surface area contributed by atoms with Crippen LogP contribution in [0.3, 0.4) is 0 Å². The van der Waals surface area contributed by atoms with E-state index in [1.54, 1.807) is 11.3 Å². The third-order valence-corrected chi connectivity index (χ3v) is 3.75. The van der Waals surface area contributed by atoms with Crippen LogP contribution >= 0.6 is 27.3 Å². The molecule has 0 amide bonds. The van der Waals surface area contributed by atoms with Crippen LogP contribution in [0.15, 0.2) is 15.9 Å². The van der Waals surface area contributed by atoms with E-state index in [1.165, 1.54) is 9.35 Å². The van der Waals surface area contributed by atoms with Crippen molar-refractivity contribution < 1.29 is 0 Å². The average molecular weight is 291 g/mol. The molecule has 1 rings (SSSR count). The van der Waals surface area contributed by atoms with Crippen LogP contribution in [0.1, 0.15) is 18.7 Å². The summed E-state index contributed by atoms with van der Waals surface area (Å²) in [7, 11) is 0. The van der Waals surface area contributed by atoms with Crippen molar-refractivity contribution >= 4 is 27.3 Å². The Morgan fingerprint density at radius 1 is 1.53 bits per heavy atom. The molecule has 15 heavy (non-hydrogen) atoms. The quantitative estimate of drug-likeness (QED) is 0.873. The van der Waals surface area contributed by atoms with Crippen LogP contribution in [-0.2, 0) is 6.54 Å². The van der Waals surface area contributed by atoms with Crippen LogP contribution in [0.5, 0.6) is 0 Å². The fourth-order valence-electron chi connectivity index (χ4n) is 1.59. The minimum Gasteiger partial charge on any atom is -0.329 e. The van der Waals surface area contributed by atoms with E-state index in [1.807, 2.05) is 0 Å². The average Bonchev–Trinajstić information content (AvgIpc) is 2.50. The van der Waals surface area contributed by atoms with Crippen LogP contribution in [-0.4, -0.2) is 24.5 Å². The smallest absolute Gasteiger partial charge is 0.0328 e.